The monoisotopic (exact) mass is 339 g/mol. The van der Waals surface area contributed by atoms with Crippen molar-refractivity contribution in [2.24, 2.45) is 0 Å². The third kappa shape index (κ3) is 3.83. The predicted molar refractivity (Wildman–Crippen MR) is 96.0 cm³/mol. The molecule has 1 heterocycles. The molecule has 1 atom stereocenters. The Morgan fingerprint density at radius 1 is 1.28 bits per heavy atom. The van der Waals surface area contributed by atoms with E-state index in [4.69, 9.17) is 9.47 Å². The fraction of sp³-hybridized carbons (Fsp3) is 0.250. The molecular formula is C20H21NO4. The lowest BCUT2D eigenvalue weighted by atomic mass is 9.98. The Balaban J connectivity index is 1.92. The zero-order chi connectivity index (χ0) is 17.8. The van der Waals surface area contributed by atoms with Crippen molar-refractivity contribution in [3.63, 3.8) is 0 Å². The Morgan fingerprint density at radius 3 is 2.88 bits per heavy atom. The molecule has 0 fully saturated rings. The van der Waals surface area contributed by atoms with Crippen LogP contribution in [0.2, 0.25) is 0 Å². The average Bonchev–Trinajstić information content (AvgIpc) is 2.60. The van der Waals surface area contributed by atoms with E-state index in [9.17, 15) is 9.90 Å². The molecule has 1 aliphatic rings. The van der Waals surface area contributed by atoms with Crippen LogP contribution in [0.4, 0.5) is 5.69 Å². The number of benzene rings is 2. The summed E-state index contributed by atoms with van der Waals surface area (Å²) in [5, 5.41) is 12.6. The quantitative estimate of drug-likeness (QED) is 0.805. The summed E-state index contributed by atoms with van der Waals surface area (Å²) < 4.78 is 11.6. The van der Waals surface area contributed by atoms with Gasteiger partial charge in [-0.3, -0.25) is 4.79 Å². The van der Waals surface area contributed by atoms with Gasteiger partial charge < -0.3 is 19.9 Å². The standard InChI is InChI=1S/C20H21NO4/c1-3-9-24-20-17(12-21-14-5-4-6-15(22)11-14)19(23)16-10-13(2)7-8-18(16)25-20/h4-8,10-12,20-22H,3,9H2,1-2H3/b17-12-/t20-/m1/s1. The number of carbonyl (C=O) groups is 1. The molecule has 25 heavy (non-hydrogen) atoms. The van der Waals surface area contributed by atoms with Gasteiger partial charge >= 0.3 is 0 Å². The van der Waals surface area contributed by atoms with Crippen LogP contribution in [0.1, 0.15) is 29.3 Å². The van der Waals surface area contributed by atoms with E-state index in [-0.39, 0.29) is 11.5 Å². The van der Waals surface area contributed by atoms with E-state index in [2.05, 4.69) is 5.32 Å². The molecule has 130 valence electrons. The van der Waals surface area contributed by atoms with Crippen molar-refractivity contribution >= 4 is 11.5 Å². The Labute approximate surface area is 146 Å². The number of nitrogens with one attached hydrogen (secondary N) is 1. The third-order valence-corrected chi connectivity index (χ3v) is 3.84. The lowest BCUT2D eigenvalue weighted by Crippen LogP contribution is -2.33. The highest BCUT2D eigenvalue weighted by molar-refractivity contribution is 6.12. The molecule has 2 aromatic rings. The van der Waals surface area contributed by atoms with Crippen LogP contribution in [0.15, 0.2) is 54.2 Å². The van der Waals surface area contributed by atoms with Crippen LogP contribution in [-0.2, 0) is 4.74 Å². The minimum Gasteiger partial charge on any atom is -0.508 e. The van der Waals surface area contributed by atoms with Crippen molar-refractivity contribution in [1.82, 2.24) is 0 Å². The fourth-order valence-electron chi connectivity index (χ4n) is 2.60. The Morgan fingerprint density at radius 2 is 2.12 bits per heavy atom. The topological polar surface area (TPSA) is 67.8 Å². The van der Waals surface area contributed by atoms with Crippen molar-refractivity contribution in [2.75, 3.05) is 11.9 Å². The molecule has 2 N–H and O–H groups in total. The minimum absolute atomic E-state index is 0.126. The highest BCUT2D eigenvalue weighted by Gasteiger charge is 2.32. The van der Waals surface area contributed by atoms with Crippen LogP contribution in [0.3, 0.4) is 0 Å². The first-order valence-electron chi connectivity index (χ1n) is 8.27. The van der Waals surface area contributed by atoms with Gasteiger partial charge in [0, 0.05) is 18.0 Å². The van der Waals surface area contributed by atoms with Gasteiger partial charge in [-0.25, -0.2) is 0 Å². The normalized spacial score (nSPS) is 17.9. The van der Waals surface area contributed by atoms with E-state index in [1.54, 1.807) is 36.5 Å². The van der Waals surface area contributed by atoms with E-state index in [1.807, 2.05) is 26.0 Å². The number of carbonyl (C=O) groups excluding carboxylic acids is 1. The molecular weight excluding hydrogens is 318 g/mol. The number of ether oxygens (including phenoxy) is 2. The molecule has 0 bridgehead atoms. The van der Waals surface area contributed by atoms with Crippen molar-refractivity contribution in [3.8, 4) is 11.5 Å². The number of anilines is 1. The maximum absolute atomic E-state index is 12.9. The van der Waals surface area contributed by atoms with Gasteiger partial charge in [0.2, 0.25) is 6.29 Å². The lowest BCUT2D eigenvalue weighted by Gasteiger charge is -2.27. The Bertz CT molecular complexity index is 813. The predicted octanol–water partition coefficient (Wildman–Crippen LogP) is 4.02. The molecule has 0 spiro atoms. The highest BCUT2D eigenvalue weighted by atomic mass is 16.7. The maximum atomic E-state index is 12.9. The largest absolute Gasteiger partial charge is 0.508 e. The number of phenols is 1. The average molecular weight is 339 g/mol. The number of Topliss-reactive ketones (excluding diaryl/α,β-unsaturated/α-hetero) is 1. The number of fused-ring (bicyclic) bond motifs is 1. The molecule has 0 amide bonds. The minimum atomic E-state index is -0.757. The van der Waals surface area contributed by atoms with Gasteiger partial charge in [-0.05, 0) is 37.6 Å². The second-order valence-corrected chi connectivity index (χ2v) is 5.94. The number of hydrogen-bond acceptors (Lipinski definition) is 5. The van der Waals surface area contributed by atoms with Gasteiger partial charge in [0.25, 0.3) is 0 Å². The van der Waals surface area contributed by atoms with Crippen molar-refractivity contribution in [3.05, 3.63) is 65.4 Å². The highest BCUT2D eigenvalue weighted by Crippen LogP contribution is 2.32. The fourth-order valence-corrected chi connectivity index (χ4v) is 2.60. The van der Waals surface area contributed by atoms with Gasteiger partial charge in [0.15, 0.2) is 5.78 Å². The first-order valence-corrected chi connectivity index (χ1v) is 8.27. The molecule has 0 unspecified atom stereocenters. The lowest BCUT2D eigenvalue weighted by molar-refractivity contribution is -0.0559. The Hall–Kier alpha value is -2.79. The van der Waals surface area contributed by atoms with Crippen molar-refractivity contribution in [2.45, 2.75) is 26.6 Å². The zero-order valence-corrected chi connectivity index (χ0v) is 14.3. The number of rotatable bonds is 5. The molecule has 5 nitrogen and oxygen atoms in total. The van der Waals surface area contributed by atoms with Crippen LogP contribution in [0, 0.1) is 6.92 Å². The first kappa shape index (κ1) is 17.0. The smallest absolute Gasteiger partial charge is 0.232 e. The van der Waals surface area contributed by atoms with Crippen LogP contribution < -0.4 is 10.1 Å². The number of aryl methyl sites for hydroxylation is 1. The molecule has 0 radical (unpaired) electrons. The molecule has 5 heteroatoms. The van der Waals surface area contributed by atoms with E-state index in [1.165, 1.54) is 0 Å². The Kier molecular flexibility index (Phi) is 5.05. The first-order chi connectivity index (χ1) is 12.1. The van der Waals surface area contributed by atoms with E-state index in [0.717, 1.165) is 12.0 Å². The van der Waals surface area contributed by atoms with E-state index < -0.39 is 6.29 Å². The molecule has 0 aromatic heterocycles. The second kappa shape index (κ2) is 7.40. The molecule has 1 aliphatic heterocycles. The van der Waals surface area contributed by atoms with Gasteiger partial charge in [-0.2, -0.15) is 0 Å². The number of ketones is 1. The summed E-state index contributed by atoms with van der Waals surface area (Å²) in [6.07, 6.45) is 1.65. The van der Waals surface area contributed by atoms with Crippen LogP contribution in [-0.4, -0.2) is 23.8 Å². The van der Waals surface area contributed by atoms with Crippen LogP contribution in [0.5, 0.6) is 11.5 Å². The molecule has 0 saturated carbocycles. The molecule has 0 aliphatic carbocycles. The van der Waals surface area contributed by atoms with E-state index in [0.29, 0.717) is 29.2 Å². The summed E-state index contributed by atoms with van der Waals surface area (Å²) in [6, 6.07) is 12.2. The second-order valence-electron chi connectivity index (χ2n) is 5.94. The summed E-state index contributed by atoms with van der Waals surface area (Å²) in [7, 11) is 0. The maximum Gasteiger partial charge on any atom is 0.232 e. The SMILES string of the molecule is CCCO[C@@H]1Oc2ccc(C)cc2C(=O)/C1=C/Nc1cccc(O)c1. The van der Waals surface area contributed by atoms with Crippen molar-refractivity contribution in [1.29, 1.82) is 0 Å². The van der Waals surface area contributed by atoms with Crippen LogP contribution >= 0.6 is 0 Å². The summed E-state index contributed by atoms with van der Waals surface area (Å²) in [5.74, 6) is 0.555. The third-order valence-electron chi connectivity index (χ3n) is 3.84. The zero-order valence-electron chi connectivity index (χ0n) is 14.3. The van der Waals surface area contributed by atoms with Crippen LogP contribution in [0.25, 0.3) is 0 Å². The van der Waals surface area contributed by atoms with Gasteiger partial charge in [-0.1, -0.05) is 24.6 Å². The number of phenolic OH excluding ortho intramolecular Hbond substituents is 1. The number of aromatic hydroxyl groups is 1. The van der Waals surface area contributed by atoms with Gasteiger partial charge in [-0.15, -0.1) is 0 Å². The summed E-state index contributed by atoms with van der Waals surface area (Å²) in [6.45, 7) is 4.42. The molecule has 0 saturated heterocycles. The summed E-state index contributed by atoms with van der Waals surface area (Å²) in [5.41, 5.74) is 2.59. The van der Waals surface area contributed by atoms with E-state index >= 15 is 0 Å². The van der Waals surface area contributed by atoms with Crippen molar-refractivity contribution < 1.29 is 19.4 Å². The molecule has 2 aromatic carbocycles. The summed E-state index contributed by atoms with van der Waals surface area (Å²) >= 11 is 0. The number of hydrogen-bond donors (Lipinski definition) is 2. The molecule has 3 rings (SSSR count). The summed E-state index contributed by atoms with van der Waals surface area (Å²) in [4.78, 5) is 12.9. The van der Waals surface area contributed by atoms with Gasteiger partial charge in [0.05, 0.1) is 17.7 Å². The van der Waals surface area contributed by atoms with Gasteiger partial charge in [0.1, 0.15) is 11.5 Å².